The van der Waals surface area contributed by atoms with Crippen LogP contribution in [0.4, 0.5) is 0 Å². The van der Waals surface area contributed by atoms with E-state index in [4.69, 9.17) is 5.73 Å². The van der Waals surface area contributed by atoms with Crippen LogP contribution in [-0.2, 0) is 16.0 Å². The first-order valence-corrected chi connectivity index (χ1v) is 13.9. The molecule has 2 amide bonds. The Bertz CT molecular complexity index is 645. The van der Waals surface area contributed by atoms with Crippen molar-refractivity contribution in [3.8, 4) is 5.75 Å². The summed E-state index contributed by atoms with van der Waals surface area (Å²) in [7, 11) is 0. The summed E-state index contributed by atoms with van der Waals surface area (Å²) in [5.41, 5.74) is 6.29. The average molecular weight is 475 g/mol. The van der Waals surface area contributed by atoms with E-state index >= 15 is 0 Å². The van der Waals surface area contributed by atoms with Gasteiger partial charge in [-0.05, 0) is 30.5 Å². The lowest BCUT2D eigenvalue weighted by atomic mass is 10.0. The molecule has 0 aromatic heterocycles. The molecule has 0 saturated carbocycles. The van der Waals surface area contributed by atoms with Crippen molar-refractivity contribution in [3.63, 3.8) is 0 Å². The molecular weight excluding hydrogens is 424 g/mol. The van der Waals surface area contributed by atoms with Gasteiger partial charge < -0.3 is 15.7 Å². The van der Waals surface area contributed by atoms with Crippen molar-refractivity contribution in [2.75, 3.05) is 13.1 Å². The van der Waals surface area contributed by atoms with Crippen molar-refractivity contribution >= 4 is 11.8 Å². The van der Waals surface area contributed by atoms with Gasteiger partial charge in [-0.1, -0.05) is 115 Å². The van der Waals surface area contributed by atoms with Crippen LogP contribution < -0.4 is 5.73 Å². The third-order valence-electron chi connectivity index (χ3n) is 6.57. The van der Waals surface area contributed by atoms with Gasteiger partial charge in [-0.15, -0.1) is 0 Å². The summed E-state index contributed by atoms with van der Waals surface area (Å²) in [5, 5.41) is 9.41. The van der Waals surface area contributed by atoms with E-state index in [0.29, 0.717) is 19.5 Å². The highest BCUT2D eigenvalue weighted by atomic mass is 16.3. The van der Waals surface area contributed by atoms with Gasteiger partial charge in [-0.25, -0.2) is 0 Å². The number of rotatable bonds is 22. The maximum absolute atomic E-state index is 12.4. The lowest BCUT2D eigenvalue weighted by molar-refractivity contribution is -0.135. The number of hydrogen-bond acceptors (Lipinski definition) is 3. The van der Waals surface area contributed by atoms with Crippen LogP contribution in [0.5, 0.6) is 5.75 Å². The largest absolute Gasteiger partial charge is 0.508 e. The summed E-state index contributed by atoms with van der Waals surface area (Å²) in [5.74, 6) is -0.530. The summed E-state index contributed by atoms with van der Waals surface area (Å²) in [6, 6.07) is 7.03. The fourth-order valence-electron chi connectivity index (χ4n) is 4.40. The van der Waals surface area contributed by atoms with E-state index in [-0.39, 0.29) is 18.1 Å². The molecule has 0 aliphatic heterocycles. The molecule has 0 aliphatic rings. The zero-order valence-corrected chi connectivity index (χ0v) is 21.7. The minimum Gasteiger partial charge on any atom is -0.508 e. The molecule has 0 spiro atoms. The Hall–Kier alpha value is -2.04. The Balaban J connectivity index is 2.07. The van der Waals surface area contributed by atoms with Crippen LogP contribution in [0.15, 0.2) is 24.3 Å². The summed E-state index contributed by atoms with van der Waals surface area (Å²) in [6.07, 6.45) is 21.6. The van der Waals surface area contributed by atoms with Crippen LogP contribution >= 0.6 is 0 Å². The monoisotopic (exact) mass is 474 g/mol. The molecule has 0 unspecified atom stereocenters. The maximum Gasteiger partial charge on any atom is 0.232 e. The third-order valence-corrected chi connectivity index (χ3v) is 6.57. The van der Waals surface area contributed by atoms with E-state index in [2.05, 4.69) is 6.92 Å². The van der Waals surface area contributed by atoms with Crippen molar-refractivity contribution in [1.29, 1.82) is 0 Å². The molecule has 0 aliphatic carbocycles. The Morgan fingerprint density at radius 1 is 0.706 bits per heavy atom. The second kappa shape index (κ2) is 20.3. The Kier molecular flexibility index (Phi) is 17.9. The second-order valence-corrected chi connectivity index (χ2v) is 9.74. The van der Waals surface area contributed by atoms with E-state index in [0.717, 1.165) is 18.4 Å². The molecule has 0 saturated heterocycles. The molecule has 5 nitrogen and oxygen atoms in total. The van der Waals surface area contributed by atoms with Crippen molar-refractivity contribution in [1.82, 2.24) is 4.90 Å². The lowest BCUT2D eigenvalue weighted by Crippen LogP contribution is -2.36. The highest BCUT2D eigenvalue weighted by Gasteiger charge is 2.15. The smallest absolute Gasteiger partial charge is 0.232 e. The van der Waals surface area contributed by atoms with Crippen LogP contribution in [-0.4, -0.2) is 34.9 Å². The van der Waals surface area contributed by atoms with Gasteiger partial charge in [0.05, 0.1) is 0 Å². The quantitative estimate of drug-likeness (QED) is 0.142. The third kappa shape index (κ3) is 16.6. The maximum atomic E-state index is 12.4. The minimum absolute atomic E-state index is 0.188. The van der Waals surface area contributed by atoms with Gasteiger partial charge in [0.15, 0.2) is 0 Å². The molecule has 1 aromatic carbocycles. The number of primary amides is 1. The summed E-state index contributed by atoms with van der Waals surface area (Å²) in [4.78, 5) is 25.4. The first-order valence-electron chi connectivity index (χ1n) is 13.9. The molecule has 0 atom stereocenters. The molecule has 34 heavy (non-hydrogen) atoms. The number of phenols is 1. The van der Waals surface area contributed by atoms with Crippen molar-refractivity contribution in [3.05, 3.63) is 29.8 Å². The number of phenolic OH excluding ortho intramolecular Hbond substituents is 1. The Morgan fingerprint density at radius 2 is 1.15 bits per heavy atom. The minimum atomic E-state index is -0.577. The topological polar surface area (TPSA) is 83.6 Å². The van der Waals surface area contributed by atoms with E-state index in [1.54, 1.807) is 17.0 Å². The first kappa shape index (κ1) is 30.0. The molecule has 0 bridgehead atoms. The van der Waals surface area contributed by atoms with Crippen LogP contribution in [0.3, 0.4) is 0 Å². The van der Waals surface area contributed by atoms with Gasteiger partial charge in [0.1, 0.15) is 12.2 Å². The molecule has 194 valence electrons. The second-order valence-electron chi connectivity index (χ2n) is 9.74. The van der Waals surface area contributed by atoms with Gasteiger partial charge >= 0.3 is 0 Å². The van der Waals surface area contributed by atoms with E-state index in [9.17, 15) is 14.7 Å². The van der Waals surface area contributed by atoms with Crippen LogP contribution in [0, 0.1) is 0 Å². The zero-order chi connectivity index (χ0) is 24.9. The van der Waals surface area contributed by atoms with Crippen LogP contribution in [0.2, 0.25) is 0 Å². The number of hydrogen-bond donors (Lipinski definition) is 2. The predicted molar refractivity (Wildman–Crippen MR) is 142 cm³/mol. The van der Waals surface area contributed by atoms with Gasteiger partial charge in [-0.2, -0.15) is 0 Å². The molecular formula is C29H50N2O3. The average Bonchev–Trinajstić information content (AvgIpc) is 2.81. The number of aromatic hydroxyl groups is 1. The fraction of sp³-hybridized carbons (Fsp3) is 0.724. The molecule has 0 fully saturated rings. The SMILES string of the molecule is CCCCCCCCCCCCCCCCCCN(CCc1ccc(O)cc1)C(=O)CC(N)=O. The number of carbonyl (C=O) groups is 2. The van der Waals surface area contributed by atoms with Crippen molar-refractivity contribution in [2.24, 2.45) is 5.73 Å². The summed E-state index contributed by atoms with van der Waals surface area (Å²) < 4.78 is 0. The highest BCUT2D eigenvalue weighted by Crippen LogP contribution is 2.15. The molecule has 3 N–H and O–H groups in total. The van der Waals surface area contributed by atoms with Crippen LogP contribution in [0.25, 0.3) is 0 Å². The Labute approximate surface area is 208 Å². The van der Waals surface area contributed by atoms with Gasteiger partial charge in [0.25, 0.3) is 0 Å². The van der Waals surface area contributed by atoms with Crippen molar-refractivity contribution in [2.45, 2.75) is 122 Å². The van der Waals surface area contributed by atoms with Gasteiger partial charge in [-0.3, -0.25) is 9.59 Å². The summed E-state index contributed by atoms with van der Waals surface area (Å²) in [6.45, 7) is 3.51. The van der Waals surface area contributed by atoms with E-state index in [1.165, 1.54) is 89.9 Å². The van der Waals surface area contributed by atoms with E-state index < -0.39 is 5.91 Å². The number of unbranched alkanes of at least 4 members (excludes halogenated alkanes) is 15. The molecule has 5 heteroatoms. The first-order chi connectivity index (χ1) is 16.5. The van der Waals surface area contributed by atoms with Gasteiger partial charge in [0.2, 0.25) is 11.8 Å². The number of benzene rings is 1. The molecule has 1 aromatic rings. The zero-order valence-electron chi connectivity index (χ0n) is 21.7. The Morgan fingerprint density at radius 3 is 1.59 bits per heavy atom. The van der Waals surface area contributed by atoms with Gasteiger partial charge in [0, 0.05) is 13.1 Å². The van der Waals surface area contributed by atoms with Crippen LogP contribution in [0.1, 0.15) is 122 Å². The number of nitrogens with two attached hydrogens (primary N) is 1. The molecule has 1 rings (SSSR count). The number of nitrogens with zero attached hydrogens (tertiary/aromatic N) is 1. The highest BCUT2D eigenvalue weighted by molar-refractivity contribution is 5.96. The molecule has 0 heterocycles. The predicted octanol–water partition coefficient (Wildman–Crippen LogP) is 6.90. The summed E-state index contributed by atoms with van der Waals surface area (Å²) >= 11 is 0. The molecule has 0 radical (unpaired) electrons. The number of carbonyl (C=O) groups excluding carboxylic acids is 2. The standard InChI is InChI=1S/C29H50N2O3/c1-2-3-4-5-6-7-8-9-10-11-12-13-14-15-16-17-23-31(29(34)25-28(30)33)24-22-26-18-20-27(32)21-19-26/h18-21,32H,2-17,22-25H2,1H3,(H2,30,33). The van der Waals surface area contributed by atoms with E-state index in [1.807, 2.05) is 12.1 Å². The lowest BCUT2D eigenvalue weighted by Gasteiger charge is -2.22. The van der Waals surface area contributed by atoms with Crippen molar-refractivity contribution < 1.29 is 14.7 Å². The fourth-order valence-corrected chi connectivity index (χ4v) is 4.40. The normalized spacial score (nSPS) is 11.0. The number of amides is 2.